The van der Waals surface area contributed by atoms with E-state index in [0.717, 1.165) is 48.1 Å². The first-order valence-corrected chi connectivity index (χ1v) is 8.34. The Balaban J connectivity index is 1.96. The summed E-state index contributed by atoms with van der Waals surface area (Å²) in [6.45, 7) is 1.80. The number of nitrogens with one attached hydrogen (secondary N) is 1. The fourth-order valence-corrected chi connectivity index (χ4v) is 3.26. The lowest BCUT2D eigenvalue weighted by molar-refractivity contribution is -0.137. The van der Waals surface area contributed by atoms with Gasteiger partial charge in [0.05, 0.1) is 11.6 Å². The van der Waals surface area contributed by atoms with Crippen molar-refractivity contribution in [2.75, 3.05) is 0 Å². The normalized spacial score (nSPS) is 17.0. The zero-order valence-corrected chi connectivity index (χ0v) is 13.9. The summed E-state index contributed by atoms with van der Waals surface area (Å²) in [4.78, 5) is 16.0. The van der Waals surface area contributed by atoms with Gasteiger partial charge in [0.2, 0.25) is 5.91 Å². The van der Waals surface area contributed by atoms with Gasteiger partial charge in [0, 0.05) is 24.4 Å². The largest absolute Gasteiger partial charge is 0.416 e. The molecule has 1 amide bonds. The molecule has 1 N–H and O–H groups in total. The highest BCUT2D eigenvalue weighted by Gasteiger charge is 2.30. The minimum absolute atomic E-state index is 0.0159. The standard InChI is InChI=1S/C19H19F3N2O/c1-2-18(25)24-17-5-3-4-14-15(10-23-11-16(14)17)12-6-8-13(9-7-12)19(20,21)22/h6-11,17H,2-5H2,1H3,(H,24,25)/t17-/m1/s1. The van der Waals surface area contributed by atoms with Crippen LogP contribution in [0.3, 0.4) is 0 Å². The lowest BCUT2D eigenvalue weighted by Crippen LogP contribution is -2.30. The minimum atomic E-state index is -4.34. The first-order chi connectivity index (χ1) is 11.9. The van der Waals surface area contributed by atoms with E-state index in [9.17, 15) is 18.0 Å². The SMILES string of the molecule is CCC(=O)N[C@@H]1CCCc2c(-c3ccc(C(F)(F)F)cc3)cncc21. The predicted molar refractivity (Wildman–Crippen MR) is 88.8 cm³/mol. The highest BCUT2D eigenvalue weighted by molar-refractivity contribution is 5.76. The number of amides is 1. The number of fused-ring (bicyclic) bond motifs is 1. The second-order valence-electron chi connectivity index (χ2n) is 6.20. The number of carbonyl (C=O) groups excluding carboxylic acids is 1. The molecule has 0 unspecified atom stereocenters. The molecule has 1 aromatic carbocycles. The van der Waals surface area contributed by atoms with Crippen molar-refractivity contribution in [2.45, 2.75) is 44.8 Å². The number of benzene rings is 1. The molecular weight excluding hydrogens is 329 g/mol. The number of pyridine rings is 1. The predicted octanol–water partition coefficient (Wildman–Crippen LogP) is 4.67. The zero-order chi connectivity index (χ0) is 18.0. The lowest BCUT2D eigenvalue weighted by Gasteiger charge is -2.27. The van der Waals surface area contributed by atoms with Crippen LogP contribution in [-0.4, -0.2) is 10.9 Å². The topological polar surface area (TPSA) is 42.0 Å². The second kappa shape index (κ2) is 6.86. The lowest BCUT2D eigenvalue weighted by atomic mass is 9.84. The maximum absolute atomic E-state index is 12.7. The van der Waals surface area contributed by atoms with E-state index in [-0.39, 0.29) is 11.9 Å². The van der Waals surface area contributed by atoms with Gasteiger partial charge in [-0.3, -0.25) is 9.78 Å². The number of carbonyl (C=O) groups is 1. The number of halogens is 3. The first-order valence-electron chi connectivity index (χ1n) is 8.34. The molecule has 3 rings (SSSR count). The van der Waals surface area contributed by atoms with Gasteiger partial charge in [0.25, 0.3) is 0 Å². The fraction of sp³-hybridized carbons (Fsp3) is 0.368. The molecule has 1 atom stereocenters. The van der Waals surface area contributed by atoms with Crippen LogP contribution in [0.2, 0.25) is 0 Å². The number of nitrogens with zero attached hydrogens (tertiary/aromatic N) is 1. The molecule has 132 valence electrons. The Labute approximate surface area is 144 Å². The van der Waals surface area contributed by atoms with E-state index in [4.69, 9.17) is 0 Å². The molecule has 0 spiro atoms. The van der Waals surface area contributed by atoms with E-state index in [1.165, 1.54) is 12.1 Å². The van der Waals surface area contributed by atoms with Gasteiger partial charge < -0.3 is 5.32 Å². The first kappa shape index (κ1) is 17.5. The fourth-order valence-electron chi connectivity index (χ4n) is 3.26. The summed E-state index contributed by atoms with van der Waals surface area (Å²) in [5.41, 5.74) is 2.90. The molecule has 1 aromatic heterocycles. The van der Waals surface area contributed by atoms with Gasteiger partial charge in [0.15, 0.2) is 0 Å². The smallest absolute Gasteiger partial charge is 0.349 e. The maximum Gasteiger partial charge on any atom is 0.416 e. The summed E-state index contributed by atoms with van der Waals surface area (Å²) in [6.07, 6.45) is 2.09. The summed E-state index contributed by atoms with van der Waals surface area (Å²) in [5.74, 6) is -0.0159. The highest BCUT2D eigenvalue weighted by Crippen LogP contribution is 2.37. The van der Waals surface area contributed by atoms with Gasteiger partial charge in [-0.05, 0) is 48.1 Å². The Hall–Kier alpha value is -2.37. The van der Waals surface area contributed by atoms with Gasteiger partial charge >= 0.3 is 6.18 Å². The average Bonchev–Trinajstić information content (AvgIpc) is 2.61. The van der Waals surface area contributed by atoms with Gasteiger partial charge in [-0.2, -0.15) is 13.2 Å². The average molecular weight is 348 g/mol. The summed E-state index contributed by atoms with van der Waals surface area (Å²) in [7, 11) is 0. The van der Waals surface area contributed by atoms with Crippen molar-refractivity contribution >= 4 is 5.91 Å². The minimum Gasteiger partial charge on any atom is -0.349 e. The third kappa shape index (κ3) is 3.67. The molecule has 3 nitrogen and oxygen atoms in total. The van der Waals surface area contributed by atoms with Gasteiger partial charge in [-0.1, -0.05) is 19.1 Å². The van der Waals surface area contributed by atoms with Crippen LogP contribution in [0.5, 0.6) is 0 Å². The van der Waals surface area contributed by atoms with Crippen LogP contribution in [-0.2, 0) is 17.4 Å². The van der Waals surface area contributed by atoms with Crippen LogP contribution in [0, 0.1) is 0 Å². The van der Waals surface area contributed by atoms with Gasteiger partial charge in [0.1, 0.15) is 0 Å². The van der Waals surface area contributed by atoms with Crippen molar-refractivity contribution in [3.63, 3.8) is 0 Å². The van der Waals surface area contributed by atoms with Crippen molar-refractivity contribution < 1.29 is 18.0 Å². The third-order valence-corrected chi connectivity index (χ3v) is 4.57. The number of alkyl halides is 3. The second-order valence-corrected chi connectivity index (χ2v) is 6.20. The van der Waals surface area contributed by atoms with Gasteiger partial charge in [-0.25, -0.2) is 0 Å². The van der Waals surface area contributed by atoms with Crippen molar-refractivity contribution in [3.05, 3.63) is 53.3 Å². The Kier molecular flexibility index (Phi) is 4.79. The summed E-state index contributed by atoms with van der Waals surface area (Å²) in [6, 6.07) is 5.06. The molecule has 0 saturated carbocycles. The molecule has 6 heteroatoms. The monoisotopic (exact) mass is 348 g/mol. The molecule has 2 aromatic rings. The zero-order valence-electron chi connectivity index (χ0n) is 13.9. The molecule has 0 aliphatic heterocycles. The number of aromatic nitrogens is 1. The molecule has 0 radical (unpaired) electrons. The van der Waals surface area contributed by atoms with Crippen LogP contribution < -0.4 is 5.32 Å². The summed E-state index contributed by atoms with van der Waals surface area (Å²) >= 11 is 0. The summed E-state index contributed by atoms with van der Waals surface area (Å²) in [5, 5.41) is 3.00. The third-order valence-electron chi connectivity index (χ3n) is 4.57. The van der Waals surface area contributed by atoms with E-state index in [1.54, 1.807) is 19.3 Å². The molecule has 0 bridgehead atoms. The molecule has 1 aliphatic carbocycles. The van der Waals surface area contributed by atoms with E-state index in [1.807, 2.05) is 0 Å². The Morgan fingerprint density at radius 3 is 2.60 bits per heavy atom. The summed E-state index contributed by atoms with van der Waals surface area (Å²) < 4.78 is 38.2. The van der Waals surface area contributed by atoms with Crippen LogP contribution in [0.1, 0.15) is 48.9 Å². The maximum atomic E-state index is 12.7. The molecule has 0 saturated heterocycles. The Bertz CT molecular complexity index is 769. The van der Waals surface area contributed by atoms with Crippen LogP contribution in [0.15, 0.2) is 36.7 Å². The van der Waals surface area contributed by atoms with E-state index < -0.39 is 11.7 Å². The molecule has 1 heterocycles. The number of hydrogen-bond donors (Lipinski definition) is 1. The molecule has 0 fully saturated rings. The van der Waals surface area contributed by atoms with Crippen molar-refractivity contribution in [3.8, 4) is 11.1 Å². The Morgan fingerprint density at radius 2 is 1.96 bits per heavy atom. The quantitative estimate of drug-likeness (QED) is 0.876. The van der Waals surface area contributed by atoms with Crippen molar-refractivity contribution in [1.82, 2.24) is 10.3 Å². The van der Waals surface area contributed by atoms with Crippen LogP contribution in [0.25, 0.3) is 11.1 Å². The van der Waals surface area contributed by atoms with Crippen molar-refractivity contribution in [1.29, 1.82) is 0 Å². The highest BCUT2D eigenvalue weighted by atomic mass is 19.4. The van der Waals surface area contributed by atoms with Gasteiger partial charge in [-0.15, -0.1) is 0 Å². The van der Waals surface area contributed by atoms with Crippen LogP contribution in [0.4, 0.5) is 13.2 Å². The molecular formula is C19H19F3N2O. The van der Waals surface area contributed by atoms with E-state index >= 15 is 0 Å². The van der Waals surface area contributed by atoms with Crippen molar-refractivity contribution in [2.24, 2.45) is 0 Å². The number of hydrogen-bond acceptors (Lipinski definition) is 2. The Morgan fingerprint density at radius 1 is 1.24 bits per heavy atom. The van der Waals surface area contributed by atoms with Crippen LogP contribution >= 0.6 is 0 Å². The molecule has 25 heavy (non-hydrogen) atoms. The number of rotatable bonds is 3. The molecule has 1 aliphatic rings. The van der Waals surface area contributed by atoms with E-state index in [2.05, 4.69) is 10.3 Å². The van der Waals surface area contributed by atoms with E-state index in [0.29, 0.717) is 12.0 Å².